The smallest absolute Gasteiger partial charge is 0.223 e. The molecule has 1 aromatic rings. The molecule has 0 spiro atoms. The van der Waals surface area contributed by atoms with Crippen LogP contribution >= 0.6 is 11.6 Å². The highest BCUT2D eigenvalue weighted by molar-refractivity contribution is 6.31. The highest BCUT2D eigenvalue weighted by Gasteiger charge is 2.15. The van der Waals surface area contributed by atoms with Crippen molar-refractivity contribution in [2.45, 2.75) is 39.7 Å². The van der Waals surface area contributed by atoms with Gasteiger partial charge in [-0.2, -0.15) is 0 Å². The lowest BCUT2D eigenvalue weighted by Gasteiger charge is -2.26. The third kappa shape index (κ3) is 4.84. The molecule has 0 fully saturated rings. The van der Waals surface area contributed by atoms with Crippen LogP contribution in [-0.4, -0.2) is 35.1 Å². The molecule has 19 heavy (non-hydrogen) atoms. The topological polar surface area (TPSA) is 40.5 Å². The zero-order valence-electron chi connectivity index (χ0n) is 11.8. The fourth-order valence-electron chi connectivity index (χ4n) is 1.97. The first-order valence-corrected chi connectivity index (χ1v) is 6.99. The van der Waals surface area contributed by atoms with Crippen molar-refractivity contribution in [1.82, 2.24) is 4.90 Å². The van der Waals surface area contributed by atoms with Gasteiger partial charge < -0.3 is 10.0 Å². The molecule has 0 aliphatic rings. The van der Waals surface area contributed by atoms with Gasteiger partial charge in [-0.1, -0.05) is 23.7 Å². The second kappa shape index (κ2) is 7.51. The summed E-state index contributed by atoms with van der Waals surface area (Å²) >= 11 is 6.06. The van der Waals surface area contributed by atoms with E-state index < -0.39 is 0 Å². The summed E-state index contributed by atoms with van der Waals surface area (Å²) in [4.78, 5) is 13.8. The highest BCUT2D eigenvalue weighted by atomic mass is 35.5. The molecule has 0 radical (unpaired) electrons. The van der Waals surface area contributed by atoms with E-state index in [4.69, 9.17) is 16.7 Å². The summed E-state index contributed by atoms with van der Waals surface area (Å²) in [5.74, 6) is 0.0701. The highest BCUT2D eigenvalue weighted by Crippen LogP contribution is 2.18. The van der Waals surface area contributed by atoms with Crippen LogP contribution in [0.5, 0.6) is 0 Å². The number of hydrogen-bond acceptors (Lipinski definition) is 2. The Morgan fingerprint density at radius 1 is 1.42 bits per heavy atom. The Hall–Kier alpha value is -1.06. The summed E-state index contributed by atoms with van der Waals surface area (Å²) in [7, 11) is 0. The number of benzene rings is 1. The van der Waals surface area contributed by atoms with Gasteiger partial charge in [0.15, 0.2) is 0 Å². The van der Waals surface area contributed by atoms with E-state index in [9.17, 15) is 4.79 Å². The number of carbonyl (C=O) groups excluding carboxylic acids is 1. The average molecular weight is 284 g/mol. The number of hydrogen-bond donors (Lipinski definition) is 1. The van der Waals surface area contributed by atoms with Crippen molar-refractivity contribution in [3.63, 3.8) is 0 Å². The van der Waals surface area contributed by atoms with Crippen LogP contribution in [0.2, 0.25) is 5.02 Å². The van der Waals surface area contributed by atoms with E-state index in [1.165, 1.54) is 0 Å². The Labute approximate surface area is 120 Å². The number of carbonyl (C=O) groups is 1. The number of halogens is 1. The maximum Gasteiger partial charge on any atom is 0.223 e. The molecular formula is C15H22ClNO2. The summed E-state index contributed by atoms with van der Waals surface area (Å²) in [6, 6.07) is 5.99. The van der Waals surface area contributed by atoms with Crippen molar-refractivity contribution in [1.29, 1.82) is 0 Å². The minimum Gasteiger partial charge on any atom is -0.395 e. The van der Waals surface area contributed by atoms with E-state index in [0.29, 0.717) is 19.4 Å². The second-order valence-electron chi connectivity index (χ2n) is 4.99. The van der Waals surface area contributed by atoms with Crippen LogP contribution in [0.1, 0.15) is 31.4 Å². The van der Waals surface area contributed by atoms with E-state index in [0.717, 1.165) is 16.1 Å². The number of nitrogens with zero attached hydrogens (tertiary/aromatic N) is 1. The van der Waals surface area contributed by atoms with E-state index in [2.05, 4.69) is 0 Å². The van der Waals surface area contributed by atoms with E-state index in [1.54, 1.807) is 4.90 Å². The zero-order chi connectivity index (χ0) is 14.4. The molecule has 1 aromatic carbocycles. The molecule has 1 amide bonds. The summed E-state index contributed by atoms with van der Waals surface area (Å²) in [5, 5.41) is 9.71. The first-order valence-electron chi connectivity index (χ1n) is 6.61. The van der Waals surface area contributed by atoms with Crippen LogP contribution in [0.4, 0.5) is 0 Å². The molecule has 0 saturated carbocycles. The zero-order valence-corrected chi connectivity index (χ0v) is 12.6. The maximum atomic E-state index is 12.1. The standard InChI is InChI=1S/C15H22ClNO2/c1-11(2)17(8-9-18)15(19)7-6-13-5-4-12(3)14(16)10-13/h4-5,10-11,18H,6-9H2,1-3H3. The number of aliphatic hydroxyl groups is 1. The molecule has 106 valence electrons. The van der Waals surface area contributed by atoms with Gasteiger partial charge in [-0.3, -0.25) is 4.79 Å². The Balaban J connectivity index is 2.59. The van der Waals surface area contributed by atoms with Crippen molar-refractivity contribution >= 4 is 17.5 Å². The molecular weight excluding hydrogens is 262 g/mol. The predicted molar refractivity (Wildman–Crippen MR) is 78.4 cm³/mol. The summed E-state index contributed by atoms with van der Waals surface area (Å²) in [6.07, 6.45) is 1.12. The van der Waals surface area contributed by atoms with Gasteiger partial charge in [0.25, 0.3) is 0 Å². The molecule has 1 rings (SSSR count). The van der Waals surface area contributed by atoms with Gasteiger partial charge >= 0.3 is 0 Å². The molecule has 0 heterocycles. The molecule has 3 nitrogen and oxygen atoms in total. The van der Waals surface area contributed by atoms with Crippen molar-refractivity contribution in [2.24, 2.45) is 0 Å². The lowest BCUT2D eigenvalue weighted by molar-refractivity contribution is -0.133. The molecule has 0 aliphatic carbocycles. The molecule has 1 N–H and O–H groups in total. The first-order chi connectivity index (χ1) is 8.95. The molecule has 0 saturated heterocycles. The van der Waals surface area contributed by atoms with Crippen molar-refractivity contribution in [2.75, 3.05) is 13.2 Å². The lowest BCUT2D eigenvalue weighted by atomic mass is 10.1. The Bertz CT molecular complexity index is 432. The maximum absolute atomic E-state index is 12.1. The van der Waals surface area contributed by atoms with Gasteiger partial charge in [0, 0.05) is 24.0 Å². The summed E-state index contributed by atoms with van der Waals surface area (Å²) in [6.45, 7) is 6.26. The molecule has 0 bridgehead atoms. The number of rotatable bonds is 6. The third-order valence-corrected chi connectivity index (χ3v) is 3.56. The molecule has 0 unspecified atom stereocenters. The summed E-state index contributed by atoms with van der Waals surface area (Å²) in [5.41, 5.74) is 2.11. The monoisotopic (exact) mass is 283 g/mol. The first kappa shape index (κ1) is 16.0. The second-order valence-corrected chi connectivity index (χ2v) is 5.40. The molecule has 4 heteroatoms. The van der Waals surface area contributed by atoms with Crippen LogP contribution in [0.3, 0.4) is 0 Å². The predicted octanol–water partition coefficient (Wildman–Crippen LogP) is 2.81. The lowest BCUT2D eigenvalue weighted by Crippen LogP contribution is -2.39. The van der Waals surface area contributed by atoms with Gasteiger partial charge in [-0.05, 0) is 44.4 Å². The van der Waals surface area contributed by atoms with Crippen LogP contribution in [-0.2, 0) is 11.2 Å². The molecule has 0 atom stereocenters. The average Bonchev–Trinajstić information content (AvgIpc) is 2.36. The third-order valence-electron chi connectivity index (χ3n) is 3.15. The SMILES string of the molecule is Cc1ccc(CCC(=O)N(CCO)C(C)C)cc1Cl. The van der Waals surface area contributed by atoms with Crippen molar-refractivity contribution < 1.29 is 9.90 Å². The van der Waals surface area contributed by atoms with Crippen LogP contribution in [0, 0.1) is 6.92 Å². The van der Waals surface area contributed by atoms with E-state index >= 15 is 0 Å². The van der Waals surface area contributed by atoms with Gasteiger partial charge in [-0.25, -0.2) is 0 Å². The number of aliphatic hydroxyl groups excluding tert-OH is 1. The number of amides is 1. The fraction of sp³-hybridized carbons (Fsp3) is 0.533. The van der Waals surface area contributed by atoms with Crippen molar-refractivity contribution in [3.05, 3.63) is 34.3 Å². The number of aryl methyl sites for hydroxylation is 2. The minimum absolute atomic E-state index is 0.000278. The quantitative estimate of drug-likeness (QED) is 0.872. The van der Waals surface area contributed by atoms with Gasteiger partial charge in [-0.15, -0.1) is 0 Å². The Morgan fingerprint density at radius 2 is 2.11 bits per heavy atom. The van der Waals surface area contributed by atoms with Gasteiger partial charge in [0.05, 0.1) is 6.61 Å². The van der Waals surface area contributed by atoms with Crippen LogP contribution < -0.4 is 0 Å². The van der Waals surface area contributed by atoms with Crippen LogP contribution in [0.15, 0.2) is 18.2 Å². The Kier molecular flexibility index (Phi) is 6.32. The van der Waals surface area contributed by atoms with Crippen LogP contribution in [0.25, 0.3) is 0 Å². The van der Waals surface area contributed by atoms with Crippen molar-refractivity contribution in [3.8, 4) is 0 Å². The summed E-state index contributed by atoms with van der Waals surface area (Å²) < 4.78 is 0. The Morgan fingerprint density at radius 3 is 2.63 bits per heavy atom. The van der Waals surface area contributed by atoms with Gasteiger partial charge in [0.2, 0.25) is 5.91 Å². The van der Waals surface area contributed by atoms with E-state index in [-0.39, 0.29) is 18.6 Å². The normalized spacial score (nSPS) is 10.8. The van der Waals surface area contributed by atoms with E-state index in [1.807, 2.05) is 39.0 Å². The fourth-order valence-corrected chi connectivity index (χ4v) is 2.17. The molecule has 0 aliphatic heterocycles. The largest absolute Gasteiger partial charge is 0.395 e. The van der Waals surface area contributed by atoms with Gasteiger partial charge in [0.1, 0.15) is 0 Å². The molecule has 0 aromatic heterocycles. The minimum atomic E-state index is 0.000278.